The van der Waals surface area contributed by atoms with Crippen LogP contribution in [-0.2, 0) is 0 Å². The minimum Gasteiger partial charge on any atom is -0.475 e. The van der Waals surface area contributed by atoms with E-state index in [9.17, 15) is 4.79 Å². The SMILES string of the molecule is Cc1cccc(C)c1-c1cc2nc(n1)NSc1cccc(c1)C(=O)N[C@H](CC(C)(C)C)CO2. The molecule has 0 spiro atoms. The van der Waals surface area contributed by atoms with Gasteiger partial charge in [-0.1, -0.05) is 45.0 Å². The van der Waals surface area contributed by atoms with Gasteiger partial charge in [-0.3, -0.25) is 9.52 Å². The number of fused-ring (bicyclic) bond motifs is 4. The molecular formula is C26H30N4O2S. The Labute approximate surface area is 199 Å². The summed E-state index contributed by atoms with van der Waals surface area (Å²) in [7, 11) is 0. The Balaban J connectivity index is 1.76. The molecule has 2 aromatic carbocycles. The number of hydrogen-bond donors (Lipinski definition) is 2. The third-order valence-electron chi connectivity index (χ3n) is 5.42. The molecular weight excluding hydrogens is 432 g/mol. The van der Waals surface area contributed by atoms with Crippen molar-refractivity contribution in [1.29, 1.82) is 0 Å². The number of anilines is 1. The molecule has 33 heavy (non-hydrogen) atoms. The number of nitrogens with zero attached hydrogens (tertiary/aromatic N) is 2. The summed E-state index contributed by atoms with van der Waals surface area (Å²) in [5.74, 6) is 0.833. The number of aromatic nitrogens is 2. The summed E-state index contributed by atoms with van der Waals surface area (Å²) in [5.41, 5.74) is 4.80. The smallest absolute Gasteiger partial charge is 0.251 e. The van der Waals surface area contributed by atoms with Crippen molar-refractivity contribution in [3.63, 3.8) is 0 Å². The maximum absolute atomic E-state index is 13.0. The highest BCUT2D eigenvalue weighted by Gasteiger charge is 2.23. The van der Waals surface area contributed by atoms with Gasteiger partial charge in [0.15, 0.2) is 0 Å². The molecule has 0 unspecified atom stereocenters. The molecule has 4 bridgehead atoms. The van der Waals surface area contributed by atoms with Crippen LogP contribution in [-0.4, -0.2) is 28.5 Å². The zero-order chi connectivity index (χ0) is 23.6. The van der Waals surface area contributed by atoms with E-state index in [0.717, 1.165) is 33.7 Å². The predicted molar refractivity (Wildman–Crippen MR) is 134 cm³/mol. The van der Waals surface area contributed by atoms with Crippen molar-refractivity contribution >= 4 is 23.8 Å². The molecule has 2 N–H and O–H groups in total. The summed E-state index contributed by atoms with van der Waals surface area (Å²) in [6.45, 7) is 10.9. The molecule has 172 valence electrons. The summed E-state index contributed by atoms with van der Waals surface area (Å²) in [4.78, 5) is 23.2. The minimum absolute atomic E-state index is 0.0226. The van der Waals surface area contributed by atoms with E-state index >= 15 is 0 Å². The second-order valence-corrected chi connectivity index (χ2v) is 10.5. The van der Waals surface area contributed by atoms with Gasteiger partial charge < -0.3 is 10.1 Å². The molecule has 4 rings (SSSR count). The van der Waals surface area contributed by atoms with Crippen LogP contribution in [0.2, 0.25) is 0 Å². The first-order valence-corrected chi connectivity index (χ1v) is 11.9. The molecule has 3 aromatic rings. The zero-order valence-electron chi connectivity index (χ0n) is 19.7. The first-order valence-electron chi connectivity index (χ1n) is 11.1. The van der Waals surface area contributed by atoms with Gasteiger partial charge in [0.1, 0.15) is 6.61 Å². The van der Waals surface area contributed by atoms with Gasteiger partial charge in [-0.25, -0.2) is 4.98 Å². The summed E-state index contributed by atoms with van der Waals surface area (Å²) in [6.07, 6.45) is 0.771. The molecule has 1 amide bonds. The Kier molecular flexibility index (Phi) is 6.61. The van der Waals surface area contributed by atoms with Crippen molar-refractivity contribution in [2.75, 3.05) is 11.3 Å². The second-order valence-electron chi connectivity index (χ2n) is 9.66. The number of benzene rings is 2. The lowest BCUT2D eigenvalue weighted by atomic mass is 9.88. The van der Waals surface area contributed by atoms with Gasteiger partial charge in [0.05, 0.1) is 11.7 Å². The van der Waals surface area contributed by atoms with Crippen LogP contribution >= 0.6 is 11.9 Å². The van der Waals surface area contributed by atoms with Gasteiger partial charge >= 0.3 is 0 Å². The average molecular weight is 463 g/mol. The third-order valence-corrected chi connectivity index (χ3v) is 6.20. The first-order chi connectivity index (χ1) is 15.7. The topological polar surface area (TPSA) is 76.1 Å². The van der Waals surface area contributed by atoms with Crippen LogP contribution in [0.15, 0.2) is 53.4 Å². The molecule has 0 fully saturated rings. The number of aryl methyl sites for hydroxylation is 2. The highest BCUT2D eigenvalue weighted by atomic mass is 32.2. The van der Waals surface area contributed by atoms with Crippen LogP contribution in [0.25, 0.3) is 11.3 Å². The van der Waals surface area contributed by atoms with Gasteiger partial charge in [-0.2, -0.15) is 4.98 Å². The average Bonchev–Trinajstić information content (AvgIpc) is 2.75. The molecule has 1 aliphatic heterocycles. The molecule has 0 saturated heterocycles. The van der Waals surface area contributed by atoms with Crippen molar-refractivity contribution in [1.82, 2.24) is 15.3 Å². The molecule has 1 aromatic heterocycles. The van der Waals surface area contributed by atoms with E-state index in [4.69, 9.17) is 9.72 Å². The number of nitrogens with one attached hydrogen (secondary N) is 2. The number of amides is 1. The molecule has 1 aliphatic rings. The predicted octanol–water partition coefficient (Wildman–Crippen LogP) is 5.81. The summed E-state index contributed by atoms with van der Waals surface area (Å²) in [5, 5.41) is 3.16. The number of ether oxygens (including phenoxy) is 1. The Hall–Kier alpha value is -3.06. The van der Waals surface area contributed by atoms with Crippen LogP contribution in [0, 0.1) is 19.3 Å². The van der Waals surface area contributed by atoms with Crippen molar-refractivity contribution in [3.8, 4) is 17.1 Å². The Morgan fingerprint density at radius 2 is 1.79 bits per heavy atom. The standard InChI is InChI=1S/C26H30N4O2S/c1-16-8-6-9-17(2)23(16)21-13-22-29-25(28-21)30-33-20-11-7-10-18(12-20)24(31)27-19(15-32-22)14-26(3,4)5/h6-13,19H,14-15H2,1-5H3,(H,27,31)(H,28,29,30)/t19-/m1/s1. The normalized spacial score (nSPS) is 16.4. The fourth-order valence-corrected chi connectivity index (χ4v) is 4.67. The second kappa shape index (κ2) is 9.43. The van der Waals surface area contributed by atoms with E-state index in [1.54, 1.807) is 0 Å². The summed E-state index contributed by atoms with van der Waals surface area (Å²) in [6, 6.07) is 15.4. The van der Waals surface area contributed by atoms with Crippen LogP contribution in [0.1, 0.15) is 48.7 Å². The molecule has 0 saturated carbocycles. The largest absolute Gasteiger partial charge is 0.475 e. The van der Waals surface area contributed by atoms with Crippen LogP contribution in [0.5, 0.6) is 5.88 Å². The van der Waals surface area contributed by atoms with Crippen molar-refractivity contribution < 1.29 is 9.53 Å². The number of carbonyl (C=O) groups is 1. The lowest BCUT2D eigenvalue weighted by Crippen LogP contribution is -2.41. The number of carbonyl (C=O) groups excluding carboxylic acids is 1. The monoisotopic (exact) mass is 462 g/mol. The maximum atomic E-state index is 13.0. The quantitative estimate of drug-likeness (QED) is 0.468. The third kappa shape index (κ3) is 5.85. The van der Waals surface area contributed by atoms with E-state index in [2.05, 4.69) is 61.8 Å². The van der Waals surface area contributed by atoms with Crippen molar-refractivity contribution in [2.24, 2.45) is 5.41 Å². The first kappa shape index (κ1) is 23.1. The molecule has 1 atom stereocenters. The molecule has 0 aliphatic carbocycles. The van der Waals surface area contributed by atoms with Crippen LogP contribution in [0.4, 0.5) is 5.95 Å². The lowest BCUT2D eigenvalue weighted by Gasteiger charge is -2.27. The van der Waals surface area contributed by atoms with Gasteiger partial charge in [0, 0.05) is 22.1 Å². The Morgan fingerprint density at radius 1 is 1.06 bits per heavy atom. The molecule has 0 radical (unpaired) electrons. The van der Waals surface area contributed by atoms with Gasteiger partial charge in [0.2, 0.25) is 11.8 Å². The van der Waals surface area contributed by atoms with Crippen LogP contribution in [0.3, 0.4) is 0 Å². The van der Waals surface area contributed by atoms with Crippen molar-refractivity contribution in [3.05, 3.63) is 65.2 Å². The van der Waals surface area contributed by atoms with Crippen LogP contribution < -0.4 is 14.8 Å². The Morgan fingerprint density at radius 3 is 2.52 bits per heavy atom. The summed E-state index contributed by atoms with van der Waals surface area (Å²) >= 11 is 1.37. The van der Waals surface area contributed by atoms with E-state index in [0.29, 0.717) is 24.0 Å². The fourth-order valence-electron chi connectivity index (χ4n) is 4.04. The Bertz CT molecular complexity index is 1150. The lowest BCUT2D eigenvalue weighted by molar-refractivity contribution is 0.0903. The number of hydrogen-bond acceptors (Lipinski definition) is 6. The van der Waals surface area contributed by atoms with E-state index in [-0.39, 0.29) is 17.4 Å². The highest BCUT2D eigenvalue weighted by Crippen LogP contribution is 2.31. The van der Waals surface area contributed by atoms with Gasteiger partial charge in [-0.05, 0) is 67.0 Å². The minimum atomic E-state index is -0.162. The van der Waals surface area contributed by atoms with Crippen molar-refractivity contribution in [2.45, 2.75) is 52.0 Å². The molecule has 2 heterocycles. The number of rotatable bonds is 2. The van der Waals surface area contributed by atoms with E-state index in [1.807, 2.05) is 36.4 Å². The van der Waals surface area contributed by atoms with Gasteiger partial charge in [0.25, 0.3) is 5.91 Å². The molecule has 6 nitrogen and oxygen atoms in total. The maximum Gasteiger partial charge on any atom is 0.251 e. The van der Waals surface area contributed by atoms with E-state index < -0.39 is 0 Å². The summed E-state index contributed by atoms with van der Waals surface area (Å²) < 4.78 is 9.38. The highest BCUT2D eigenvalue weighted by molar-refractivity contribution is 8.00. The zero-order valence-corrected chi connectivity index (χ0v) is 20.5. The van der Waals surface area contributed by atoms with Gasteiger partial charge in [-0.15, -0.1) is 0 Å². The molecule has 7 heteroatoms. The van der Waals surface area contributed by atoms with E-state index in [1.165, 1.54) is 11.9 Å². The fraction of sp³-hybridized carbons (Fsp3) is 0.346.